The number of benzene rings is 1. The molecule has 2 heterocycles. The van der Waals surface area contributed by atoms with Crippen molar-refractivity contribution >= 4 is 17.3 Å². The van der Waals surface area contributed by atoms with E-state index in [1.165, 1.54) is 5.56 Å². The van der Waals surface area contributed by atoms with Crippen LogP contribution in [0.15, 0.2) is 42.6 Å². The SMILES string of the molecule is CCc1ccc(NC(=O)c2cc(N3CCN(C)CC3)ccn2)cc1. The summed E-state index contributed by atoms with van der Waals surface area (Å²) in [5.41, 5.74) is 3.56. The Morgan fingerprint density at radius 2 is 1.83 bits per heavy atom. The molecule has 0 atom stereocenters. The molecule has 1 saturated heterocycles. The molecule has 5 heteroatoms. The van der Waals surface area contributed by atoms with Crippen molar-refractivity contribution in [1.29, 1.82) is 0 Å². The van der Waals surface area contributed by atoms with Gasteiger partial charge in [0.1, 0.15) is 5.69 Å². The molecule has 126 valence electrons. The van der Waals surface area contributed by atoms with Gasteiger partial charge in [0.25, 0.3) is 5.91 Å². The van der Waals surface area contributed by atoms with E-state index in [4.69, 9.17) is 0 Å². The predicted octanol–water partition coefficient (Wildman–Crippen LogP) is 2.65. The maximum atomic E-state index is 12.5. The van der Waals surface area contributed by atoms with Gasteiger partial charge < -0.3 is 15.1 Å². The van der Waals surface area contributed by atoms with Crippen LogP contribution in [0.5, 0.6) is 0 Å². The van der Waals surface area contributed by atoms with E-state index in [1.807, 2.05) is 36.4 Å². The van der Waals surface area contributed by atoms with Gasteiger partial charge in [-0.3, -0.25) is 9.78 Å². The average Bonchev–Trinajstić information content (AvgIpc) is 2.63. The number of amides is 1. The first-order chi connectivity index (χ1) is 11.7. The zero-order valence-electron chi connectivity index (χ0n) is 14.3. The van der Waals surface area contributed by atoms with Gasteiger partial charge >= 0.3 is 0 Å². The van der Waals surface area contributed by atoms with Crippen LogP contribution in [0.1, 0.15) is 23.0 Å². The number of nitrogens with zero attached hydrogens (tertiary/aromatic N) is 3. The second-order valence-corrected chi connectivity index (χ2v) is 6.19. The third kappa shape index (κ3) is 3.92. The van der Waals surface area contributed by atoms with Gasteiger partial charge in [-0.2, -0.15) is 0 Å². The van der Waals surface area contributed by atoms with Crippen LogP contribution in [0.2, 0.25) is 0 Å². The number of likely N-dealkylation sites (N-methyl/N-ethyl adjacent to an activating group) is 1. The molecular weight excluding hydrogens is 300 g/mol. The summed E-state index contributed by atoms with van der Waals surface area (Å²) in [7, 11) is 2.13. The molecule has 0 radical (unpaired) electrons. The second kappa shape index (κ2) is 7.45. The maximum Gasteiger partial charge on any atom is 0.274 e. The van der Waals surface area contributed by atoms with Crippen LogP contribution < -0.4 is 10.2 Å². The molecule has 5 nitrogen and oxygen atoms in total. The molecule has 1 aromatic carbocycles. The lowest BCUT2D eigenvalue weighted by Crippen LogP contribution is -2.44. The van der Waals surface area contributed by atoms with Crippen molar-refractivity contribution in [3.05, 3.63) is 53.9 Å². The molecule has 1 amide bonds. The minimum Gasteiger partial charge on any atom is -0.369 e. The summed E-state index contributed by atoms with van der Waals surface area (Å²) in [5, 5.41) is 2.92. The van der Waals surface area contributed by atoms with Crippen LogP contribution in [0.3, 0.4) is 0 Å². The fourth-order valence-electron chi connectivity index (χ4n) is 2.82. The van der Waals surface area contributed by atoms with Crippen LogP contribution in [0.25, 0.3) is 0 Å². The number of pyridine rings is 1. The second-order valence-electron chi connectivity index (χ2n) is 6.19. The van der Waals surface area contributed by atoms with Gasteiger partial charge in [0.05, 0.1) is 0 Å². The van der Waals surface area contributed by atoms with E-state index >= 15 is 0 Å². The average molecular weight is 324 g/mol. The Morgan fingerprint density at radius 1 is 1.12 bits per heavy atom. The molecule has 1 N–H and O–H groups in total. The van der Waals surface area contributed by atoms with Gasteiger partial charge in [-0.15, -0.1) is 0 Å². The highest BCUT2D eigenvalue weighted by molar-refractivity contribution is 6.03. The number of hydrogen-bond acceptors (Lipinski definition) is 4. The summed E-state index contributed by atoms with van der Waals surface area (Å²) in [5.74, 6) is -0.171. The Balaban J connectivity index is 1.69. The maximum absolute atomic E-state index is 12.5. The van der Waals surface area contributed by atoms with Gasteiger partial charge in [0.15, 0.2) is 0 Å². The zero-order chi connectivity index (χ0) is 16.9. The van der Waals surface area contributed by atoms with E-state index in [1.54, 1.807) is 6.20 Å². The summed E-state index contributed by atoms with van der Waals surface area (Å²) < 4.78 is 0. The highest BCUT2D eigenvalue weighted by Crippen LogP contribution is 2.18. The van der Waals surface area contributed by atoms with Crippen LogP contribution in [0, 0.1) is 0 Å². The third-order valence-electron chi connectivity index (χ3n) is 4.46. The summed E-state index contributed by atoms with van der Waals surface area (Å²) >= 11 is 0. The molecule has 0 aliphatic carbocycles. The molecule has 0 spiro atoms. The molecule has 24 heavy (non-hydrogen) atoms. The number of carbonyl (C=O) groups excluding carboxylic acids is 1. The Labute approximate surface area is 143 Å². The number of piperazine rings is 1. The van der Waals surface area contributed by atoms with Crippen molar-refractivity contribution in [2.45, 2.75) is 13.3 Å². The van der Waals surface area contributed by atoms with Gasteiger partial charge in [0.2, 0.25) is 0 Å². The smallest absolute Gasteiger partial charge is 0.274 e. The first kappa shape index (κ1) is 16.5. The fraction of sp³-hybridized carbons (Fsp3) is 0.368. The fourth-order valence-corrected chi connectivity index (χ4v) is 2.82. The topological polar surface area (TPSA) is 48.5 Å². The number of nitrogens with one attached hydrogen (secondary N) is 1. The normalized spacial score (nSPS) is 15.3. The number of hydrogen-bond donors (Lipinski definition) is 1. The molecular formula is C19H24N4O. The Morgan fingerprint density at radius 3 is 2.50 bits per heavy atom. The number of carbonyl (C=O) groups is 1. The van der Waals surface area contributed by atoms with Crippen molar-refractivity contribution in [3.63, 3.8) is 0 Å². The van der Waals surface area contributed by atoms with Gasteiger partial charge in [-0.05, 0) is 43.3 Å². The van der Waals surface area contributed by atoms with Crippen molar-refractivity contribution in [2.75, 3.05) is 43.4 Å². The van der Waals surface area contributed by atoms with Gasteiger partial charge in [-0.1, -0.05) is 19.1 Å². The first-order valence-corrected chi connectivity index (χ1v) is 8.45. The monoisotopic (exact) mass is 324 g/mol. The summed E-state index contributed by atoms with van der Waals surface area (Å²) in [6, 6.07) is 11.8. The van der Waals surface area contributed by atoms with Crippen LogP contribution >= 0.6 is 0 Å². The largest absolute Gasteiger partial charge is 0.369 e. The van der Waals surface area contributed by atoms with E-state index in [9.17, 15) is 4.79 Å². The van der Waals surface area contributed by atoms with Crippen molar-refractivity contribution in [2.24, 2.45) is 0 Å². The molecule has 1 aliphatic heterocycles. The van der Waals surface area contributed by atoms with Gasteiger partial charge in [0, 0.05) is 43.8 Å². The van der Waals surface area contributed by atoms with E-state index in [0.29, 0.717) is 5.69 Å². The van der Waals surface area contributed by atoms with E-state index in [2.05, 4.69) is 34.1 Å². The Bertz CT molecular complexity index is 691. The predicted molar refractivity (Wildman–Crippen MR) is 97.7 cm³/mol. The molecule has 0 bridgehead atoms. The lowest BCUT2D eigenvalue weighted by atomic mass is 10.1. The molecule has 3 rings (SSSR count). The van der Waals surface area contributed by atoms with Crippen LogP contribution in [-0.2, 0) is 6.42 Å². The van der Waals surface area contributed by atoms with Crippen molar-refractivity contribution in [3.8, 4) is 0 Å². The van der Waals surface area contributed by atoms with Crippen molar-refractivity contribution < 1.29 is 4.79 Å². The van der Waals surface area contributed by atoms with Gasteiger partial charge in [-0.25, -0.2) is 0 Å². The molecule has 0 saturated carbocycles. The number of rotatable bonds is 4. The van der Waals surface area contributed by atoms with E-state index in [-0.39, 0.29) is 5.91 Å². The van der Waals surface area contributed by atoms with Crippen molar-refractivity contribution in [1.82, 2.24) is 9.88 Å². The summed E-state index contributed by atoms with van der Waals surface area (Å²) in [6.45, 7) is 6.13. The highest BCUT2D eigenvalue weighted by Gasteiger charge is 2.16. The number of aromatic nitrogens is 1. The standard InChI is InChI=1S/C19H24N4O/c1-3-15-4-6-16(7-5-15)21-19(24)18-14-17(8-9-20-18)23-12-10-22(2)11-13-23/h4-9,14H,3,10-13H2,1-2H3,(H,21,24). The number of aryl methyl sites for hydroxylation is 1. The molecule has 1 aromatic heterocycles. The first-order valence-electron chi connectivity index (χ1n) is 8.45. The van der Waals surface area contributed by atoms with E-state index in [0.717, 1.165) is 44.0 Å². The molecule has 1 fully saturated rings. The van der Waals surface area contributed by atoms with Crippen LogP contribution in [0.4, 0.5) is 11.4 Å². The molecule has 2 aromatic rings. The Hall–Kier alpha value is -2.40. The van der Waals surface area contributed by atoms with Crippen LogP contribution in [-0.4, -0.2) is 49.0 Å². The van der Waals surface area contributed by atoms with E-state index < -0.39 is 0 Å². The minimum absolute atomic E-state index is 0.171. The number of anilines is 2. The highest BCUT2D eigenvalue weighted by atomic mass is 16.1. The summed E-state index contributed by atoms with van der Waals surface area (Å²) in [6.07, 6.45) is 2.70. The third-order valence-corrected chi connectivity index (χ3v) is 4.46. The zero-order valence-corrected chi connectivity index (χ0v) is 14.3. The summed E-state index contributed by atoms with van der Waals surface area (Å²) in [4.78, 5) is 21.3. The Kier molecular flexibility index (Phi) is 5.11. The minimum atomic E-state index is -0.171. The molecule has 0 unspecified atom stereocenters. The lowest BCUT2D eigenvalue weighted by Gasteiger charge is -2.34. The lowest BCUT2D eigenvalue weighted by molar-refractivity contribution is 0.102. The quantitative estimate of drug-likeness (QED) is 0.939. The molecule has 1 aliphatic rings.